The molecule has 0 aromatic heterocycles. The molecule has 1 aliphatic carbocycles. The lowest BCUT2D eigenvalue weighted by atomic mass is 9.65. The van der Waals surface area contributed by atoms with E-state index in [1.54, 1.807) is 7.11 Å². The predicted octanol–water partition coefficient (Wildman–Crippen LogP) is 2.37. The number of nitrogens with one attached hydrogen (secondary N) is 1. The first-order valence-corrected chi connectivity index (χ1v) is 9.06. The first kappa shape index (κ1) is 17.4. The maximum absolute atomic E-state index is 11.5. The molecular formula is C19H25NO6. The standard InChI is InChI=1S/C19H25NO6/c1-22-14-5-3-4-13-16(14)26-15-12-19(24-10-11-25-19)7-6-18(13,15)8-9-20-17(21)23-2/h3-5,15H,6-12H2,1-2H3,(H,20,21)/t15-,18+/m0/s1. The van der Waals surface area contributed by atoms with Gasteiger partial charge in [-0.25, -0.2) is 4.79 Å². The van der Waals surface area contributed by atoms with Crippen molar-refractivity contribution in [2.45, 2.75) is 43.0 Å². The van der Waals surface area contributed by atoms with Gasteiger partial charge in [0.1, 0.15) is 6.10 Å². The van der Waals surface area contributed by atoms with Crippen molar-refractivity contribution in [3.05, 3.63) is 23.8 Å². The summed E-state index contributed by atoms with van der Waals surface area (Å²) >= 11 is 0. The average molecular weight is 363 g/mol. The van der Waals surface area contributed by atoms with Crippen molar-refractivity contribution in [3.63, 3.8) is 0 Å². The van der Waals surface area contributed by atoms with Crippen molar-refractivity contribution in [1.29, 1.82) is 0 Å². The lowest BCUT2D eigenvalue weighted by Gasteiger charge is -2.45. The predicted molar refractivity (Wildman–Crippen MR) is 92.6 cm³/mol. The molecule has 2 aliphatic heterocycles. The molecule has 1 amide bonds. The van der Waals surface area contributed by atoms with Crippen LogP contribution in [0.25, 0.3) is 0 Å². The number of carbonyl (C=O) groups excluding carboxylic acids is 1. The van der Waals surface area contributed by atoms with Gasteiger partial charge in [0.25, 0.3) is 0 Å². The molecular weight excluding hydrogens is 338 g/mol. The second-order valence-electron chi connectivity index (χ2n) is 7.08. The summed E-state index contributed by atoms with van der Waals surface area (Å²) in [6.45, 7) is 1.76. The number of para-hydroxylation sites is 1. The molecule has 0 bridgehead atoms. The van der Waals surface area contributed by atoms with Crippen LogP contribution in [0.4, 0.5) is 4.79 Å². The van der Waals surface area contributed by atoms with E-state index < -0.39 is 11.9 Å². The molecule has 3 aliphatic rings. The summed E-state index contributed by atoms with van der Waals surface area (Å²) in [6.07, 6.45) is 2.59. The van der Waals surface area contributed by atoms with E-state index in [1.807, 2.05) is 12.1 Å². The third-order valence-electron chi connectivity index (χ3n) is 5.90. The molecule has 7 heteroatoms. The Bertz CT molecular complexity index is 687. The highest BCUT2D eigenvalue weighted by Gasteiger charge is 2.58. The molecule has 1 aromatic carbocycles. The molecule has 0 radical (unpaired) electrons. The summed E-state index contributed by atoms with van der Waals surface area (Å²) in [5, 5.41) is 2.80. The monoisotopic (exact) mass is 363 g/mol. The lowest BCUT2D eigenvalue weighted by Crippen LogP contribution is -2.52. The van der Waals surface area contributed by atoms with Crippen LogP contribution < -0.4 is 14.8 Å². The Morgan fingerprint density at radius 2 is 2.08 bits per heavy atom. The first-order valence-electron chi connectivity index (χ1n) is 9.06. The van der Waals surface area contributed by atoms with Gasteiger partial charge in [-0.05, 0) is 18.9 Å². The molecule has 142 valence electrons. The van der Waals surface area contributed by atoms with Crippen LogP contribution in [0.5, 0.6) is 11.5 Å². The van der Waals surface area contributed by atoms with Crippen LogP contribution in [-0.2, 0) is 19.6 Å². The van der Waals surface area contributed by atoms with Crippen molar-refractivity contribution >= 4 is 6.09 Å². The topological polar surface area (TPSA) is 75.3 Å². The minimum Gasteiger partial charge on any atom is -0.493 e. The van der Waals surface area contributed by atoms with Gasteiger partial charge in [-0.1, -0.05) is 12.1 Å². The van der Waals surface area contributed by atoms with Crippen LogP contribution >= 0.6 is 0 Å². The molecule has 1 saturated carbocycles. The normalized spacial score (nSPS) is 28.2. The maximum atomic E-state index is 11.5. The van der Waals surface area contributed by atoms with E-state index in [4.69, 9.17) is 18.9 Å². The van der Waals surface area contributed by atoms with E-state index in [2.05, 4.69) is 16.1 Å². The van der Waals surface area contributed by atoms with Gasteiger partial charge in [0.2, 0.25) is 0 Å². The van der Waals surface area contributed by atoms with Gasteiger partial charge in [-0.2, -0.15) is 0 Å². The zero-order chi connectivity index (χ0) is 18.2. The minimum absolute atomic E-state index is 0.0832. The van der Waals surface area contributed by atoms with Gasteiger partial charge in [0.15, 0.2) is 17.3 Å². The van der Waals surface area contributed by atoms with Gasteiger partial charge in [0, 0.05) is 30.4 Å². The van der Waals surface area contributed by atoms with Crippen molar-refractivity contribution < 1.29 is 28.5 Å². The van der Waals surface area contributed by atoms with E-state index >= 15 is 0 Å². The fourth-order valence-electron chi connectivity index (χ4n) is 4.59. The van der Waals surface area contributed by atoms with E-state index in [0.717, 1.165) is 36.3 Å². The Morgan fingerprint density at radius 3 is 2.81 bits per heavy atom. The number of amides is 1. The second-order valence-corrected chi connectivity index (χ2v) is 7.08. The van der Waals surface area contributed by atoms with Gasteiger partial charge >= 0.3 is 6.09 Å². The molecule has 7 nitrogen and oxygen atoms in total. The van der Waals surface area contributed by atoms with Crippen molar-refractivity contribution in [3.8, 4) is 11.5 Å². The minimum atomic E-state index is -0.542. The Kier molecular flexibility index (Phi) is 4.44. The quantitative estimate of drug-likeness (QED) is 0.885. The molecule has 2 fully saturated rings. The highest BCUT2D eigenvalue weighted by Crippen LogP contribution is 2.57. The van der Waals surface area contributed by atoms with E-state index in [9.17, 15) is 4.79 Å². The zero-order valence-corrected chi connectivity index (χ0v) is 15.2. The number of ether oxygens (including phenoxy) is 5. The van der Waals surface area contributed by atoms with Crippen LogP contribution in [-0.4, -0.2) is 52.0 Å². The Balaban J connectivity index is 1.64. The summed E-state index contributed by atoms with van der Waals surface area (Å²) in [5.74, 6) is 0.992. The molecule has 1 spiro atoms. The summed E-state index contributed by atoms with van der Waals surface area (Å²) in [6, 6.07) is 6.01. The Morgan fingerprint density at radius 1 is 1.27 bits per heavy atom. The fourth-order valence-corrected chi connectivity index (χ4v) is 4.59. The summed E-state index contributed by atoms with van der Waals surface area (Å²) < 4.78 is 28.4. The van der Waals surface area contributed by atoms with Crippen LogP contribution in [0.1, 0.15) is 31.2 Å². The number of carbonyl (C=O) groups is 1. The van der Waals surface area contributed by atoms with Crippen molar-refractivity contribution in [1.82, 2.24) is 5.32 Å². The summed E-state index contributed by atoms with van der Waals surface area (Å²) in [4.78, 5) is 11.5. The SMILES string of the molecule is COC(=O)NCC[C@@]12CCC3(C[C@@H]1Oc1c(OC)cccc12)OCCO3. The smallest absolute Gasteiger partial charge is 0.406 e. The summed E-state index contributed by atoms with van der Waals surface area (Å²) in [5.41, 5.74) is 0.937. The second kappa shape index (κ2) is 6.63. The number of benzene rings is 1. The van der Waals surface area contributed by atoms with Gasteiger partial charge < -0.3 is 29.0 Å². The highest BCUT2D eigenvalue weighted by molar-refractivity contribution is 5.66. The summed E-state index contributed by atoms with van der Waals surface area (Å²) in [7, 11) is 3.02. The fraction of sp³-hybridized carbons (Fsp3) is 0.632. The number of fused-ring (bicyclic) bond motifs is 3. The molecule has 0 unspecified atom stereocenters. The number of hydrogen-bond acceptors (Lipinski definition) is 6. The van der Waals surface area contributed by atoms with Crippen LogP contribution in [0.15, 0.2) is 18.2 Å². The van der Waals surface area contributed by atoms with Crippen LogP contribution in [0.2, 0.25) is 0 Å². The van der Waals surface area contributed by atoms with Crippen molar-refractivity contribution in [2.75, 3.05) is 34.0 Å². The number of methoxy groups -OCH3 is 2. The van der Waals surface area contributed by atoms with Crippen molar-refractivity contribution in [2.24, 2.45) is 0 Å². The number of hydrogen-bond donors (Lipinski definition) is 1. The Hall–Kier alpha value is -1.99. The molecule has 26 heavy (non-hydrogen) atoms. The first-order chi connectivity index (χ1) is 12.6. The molecule has 4 rings (SSSR count). The lowest BCUT2D eigenvalue weighted by molar-refractivity contribution is -0.202. The van der Waals surface area contributed by atoms with Gasteiger partial charge in [-0.3, -0.25) is 0 Å². The van der Waals surface area contributed by atoms with E-state index in [-0.39, 0.29) is 11.5 Å². The van der Waals surface area contributed by atoms with E-state index in [1.165, 1.54) is 7.11 Å². The Labute approximate surface area is 152 Å². The molecule has 2 heterocycles. The van der Waals surface area contributed by atoms with Gasteiger partial charge in [-0.15, -0.1) is 0 Å². The molecule has 1 aromatic rings. The largest absolute Gasteiger partial charge is 0.493 e. The maximum Gasteiger partial charge on any atom is 0.406 e. The van der Waals surface area contributed by atoms with Crippen LogP contribution in [0.3, 0.4) is 0 Å². The molecule has 2 atom stereocenters. The molecule has 1 N–H and O–H groups in total. The number of alkyl carbamates (subject to hydrolysis) is 1. The third-order valence-corrected chi connectivity index (χ3v) is 5.90. The van der Waals surface area contributed by atoms with Gasteiger partial charge in [0.05, 0.1) is 27.4 Å². The zero-order valence-electron chi connectivity index (χ0n) is 15.2. The molecule has 1 saturated heterocycles. The average Bonchev–Trinajstić information content (AvgIpc) is 3.24. The number of rotatable bonds is 4. The van der Waals surface area contributed by atoms with Crippen LogP contribution in [0, 0.1) is 0 Å². The van der Waals surface area contributed by atoms with E-state index in [0.29, 0.717) is 26.2 Å². The highest BCUT2D eigenvalue weighted by atomic mass is 16.7. The third kappa shape index (κ3) is 2.70.